The zero-order valence-electron chi connectivity index (χ0n) is 12.6. The number of carboxylic acids is 1. The lowest BCUT2D eigenvalue weighted by Gasteiger charge is -2.34. The number of carboxylic acid groups (broad SMARTS) is 1. The van der Waals surface area contributed by atoms with E-state index in [9.17, 15) is 9.59 Å². The van der Waals surface area contributed by atoms with Gasteiger partial charge in [0.2, 0.25) is 0 Å². The minimum atomic E-state index is -0.833. The molecule has 2 N–H and O–H groups in total. The molecule has 0 bridgehead atoms. The Morgan fingerprint density at radius 1 is 1.15 bits per heavy atom. The monoisotopic (exact) mass is 285 g/mol. The largest absolute Gasteiger partial charge is 0.481 e. The SMILES string of the molecule is CCCC(CNC(=O)N1CCN(CCC)CC1)C(=O)O. The Morgan fingerprint density at radius 2 is 1.80 bits per heavy atom. The number of nitrogens with one attached hydrogen (secondary N) is 1. The number of carbonyl (C=O) groups is 2. The lowest BCUT2D eigenvalue weighted by Crippen LogP contribution is -2.52. The van der Waals surface area contributed by atoms with Gasteiger partial charge in [-0.15, -0.1) is 0 Å². The average Bonchev–Trinajstić information content (AvgIpc) is 2.44. The van der Waals surface area contributed by atoms with Crippen LogP contribution in [0.25, 0.3) is 0 Å². The third-order valence-electron chi connectivity index (χ3n) is 3.69. The molecule has 0 aliphatic carbocycles. The molecule has 1 heterocycles. The van der Waals surface area contributed by atoms with Crippen molar-refractivity contribution in [2.24, 2.45) is 5.92 Å². The Morgan fingerprint density at radius 3 is 2.30 bits per heavy atom. The molecule has 1 rings (SSSR count). The van der Waals surface area contributed by atoms with Crippen LogP contribution in [-0.4, -0.2) is 66.2 Å². The predicted molar refractivity (Wildman–Crippen MR) is 77.7 cm³/mol. The maximum Gasteiger partial charge on any atom is 0.317 e. The summed E-state index contributed by atoms with van der Waals surface area (Å²) in [5, 5.41) is 11.8. The van der Waals surface area contributed by atoms with Crippen molar-refractivity contribution < 1.29 is 14.7 Å². The number of aliphatic carboxylic acids is 1. The summed E-state index contributed by atoms with van der Waals surface area (Å²) in [6.07, 6.45) is 2.53. The Bertz CT molecular complexity index is 315. The first kappa shape index (κ1) is 16.8. The van der Waals surface area contributed by atoms with Gasteiger partial charge in [-0.2, -0.15) is 0 Å². The van der Waals surface area contributed by atoms with Gasteiger partial charge in [0.1, 0.15) is 0 Å². The lowest BCUT2D eigenvalue weighted by molar-refractivity contribution is -0.141. The smallest absolute Gasteiger partial charge is 0.317 e. The van der Waals surface area contributed by atoms with E-state index in [4.69, 9.17) is 5.11 Å². The van der Waals surface area contributed by atoms with Crippen LogP contribution in [0.2, 0.25) is 0 Å². The molecule has 0 aromatic rings. The lowest BCUT2D eigenvalue weighted by atomic mass is 10.0. The van der Waals surface area contributed by atoms with Crippen molar-refractivity contribution in [3.63, 3.8) is 0 Å². The molecule has 0 aromatic heterocycles. The van der Waals surface area contributed by atoms with Gasteiger partial charge in [-0.05, 0) is 19.4 Å². The molecule has 1 unspecified atom stereocenters. The summed E-state index contributed by atoms with van der Waals surface area (Å²) in [5.74, 6) is -1.31. The molecule has 116 valence electrons. The topological polar surface area (TPSA) is 72.9 Å². The molecular formula is C14H27N3O3. The molecular weight excluding hydrogens is 258 g/mol. The first-order valence-electron chi connectivity index (χ1n) is 7.56. The number of carbonyl (C=O) groups excluding carboxylic acids is 1. The Labute approximate surface area is 121 Å². The standard InChI is InChI=1S/C14H27N3O3/c1-3-5-12(13(18)19)11-15-14(20)17-9-7-16(6-4-2)8-10-17/h12H,3-11H2,1-2H3,(H,15,20)(H,18,19). The highest BCUT2D eigenvalue weighted by Crippen LogP contribution is 2.06. The third kappa shape index (κ3) is 5.36. The van der Waals surface area contributed by atoms with E-state index in [1.807, 2.05) is 6.92 Å². The van der Waals surface area contributed by atoms with E-state index in [0.29, 0.717) is 6.42 Å². The summed E-state index contributed by atoms with van der Waals surface area (Å²) in [4.78, 5) is 27.1. The Balaban J connectivity index is 2.31. The van der Waals surface area contributed by atoms with Crippen molar-refractivity contribution in [1.82, 2.24) is 15.1 Å². The highest BCUT2D eigenvalue weighted by molar-refractivity contribution is 5.76. The van der Waals surface area contributed by atoms with Gasteiger partial charge in [0.15, 0.2) is 0 Å². The molecule has 6 nitrogen and oxygen atoms in total. The van der Waals surface area contributed by atoms with Crippen LogP contribution < -0.4 is 5.32 Å². The molecule has 2 amide bonds. The summed E-state index contributed by atoms with van der Waals surface area (Å²) in [6, 6.07) is -0.136. The van der Waals surface area contributed by atoms with E-state index < -0.39 is 11.9 Å². The van der Waals surface area contributed by atoms with Gasteiger partial charge in [-0.3, -0.25) is 9.69 Å². The van der Waals surface area contributed by atoms with Crippen LogP contribution in [0.15, 0.2) is 0 Å². The molecule has 0 radical (unpaired) electrons. The van der Waals surface area contributed by atoms with Crippen LogP contribution in [0.3, 0.4) is 0 Å². The number of urea groups is 1. The van der Waals surface area contributed by atoms with Crippen LogP contribution >= 0.6 is 0 Å². The van der Waals surface area contributed by atoms with Gasteiger partial charge in [0.05, 0.1) is 5.92 Å². The van der Waals surface area contributed by atoms with Crippen molar-refractivity contribution in [2.45, 2.75) is 33.1 Å². The number of hydrogen-bond donors (Lipinski definition) is 2. The minimum Gasteiger partial charge on any atom is -0.481 e. The normalized spacial score (nSPS) is 17.8. The van der Waals surface area contributed by atoms with Crippen LogP contribution in [0.1, 0.15) is 33.1 Å². The number of rotatable bonds is 7. The van der Waals surface area contributed by atoms with Gasteiger partial charge < -0.3 is 15.3 Å². The fourth-order valence-corrected chi connectivity index (χ4v) is 2.47. The molecule has 1 aliphatic rings. The highest BCUT2D eigenvalue weighted by Gasteiger charge is 2.22. The van der Waals surface area contributed by atoms with Crippen molar-refractivity contribution in [3.8, 4) is 0 Å². The van der Waals surface area contributed by atoms with E-state index in [1.54, 1.807) is 4.90 Å². The summed E-state index contributed by atoms with van der Waals surface area (Å²) >= 11 is 0. The number of piperazine rings is 1. The number of hydrogen-bond acceptors (Lipinski definition) is 3. The molecule has 20 heavy (non-hydrogen) atoms. The zero-order chi connectivity index (χ0) is 15.0. The first-order valence-corrected chi connectivity index (χ1v) is 7.56. The summed E-state index contributed by atoms with van der Waals surface area (Å²) in [7, 11) is 0. The molecule has 1 saturated heterocycles. The molecule has 1 aliphatic heterocycles. The predicted octanol–water partition coefficient (Wildman–Crippen LogP) is 1.22. The maximum atomic E-state index is 12.0. The van der Waals surface area contributed by atoms with E-state index in [-0.39, 0.29) is 12.6 Å². The summed E-state index contributed by atoms with van der Waals surface area (Å²) in [6.45, 7) is 8.64. The molecule has 1 atom stereocenters. The van der Waals surface area contributed by atoms with Crippen molar-refractivity contribution in [2.75, 3.05) is 39.3 Å². The van der Waals surface area contributed by atoms with Gasteiger partial charge in [-0.1, -0.05) is 20.3 Å². The molecule has 0 aromatic carbocycles. The maximum absolute atomic E-state index is 12.0. The number of nitrogens with zero attached hydrogens (tertiary/aromatic N) is 2. The van der Waals surface area contributed by atoms with Crippen LogP contribution in [0.4, 0.5) is 4.79 Å². The van der Waals surface area contributed by atoms with E-state index >= 15 is 0 Å². The van der Waals surface area contributed by atoms with E-state index in [2.05, 4.69) is 17.1 Å². The van der Waals surface area contributed by atoms with Crippen molar-refractivity contribution in [3.05, 3.63) is 0 Å². The van der Waals surface area contributed by atoms with Crippen LogP contribution in [-0.2, 0) is 4.79 Å². The first-order chi connectivity index (χ1) is 9.58. The molecule has 1 fully saturated rings. The highest BCUT2D eigenvalue weighted by atomic mass is 16.4. The second kappa shape index (κ2) is 8.79. The number of amides is 2. The van der Waals surface area contributed by atoms with Gasteiger partial charge in [0, 0.05) is 32.7 Å². The average molecular weight is 285 g/mol. The van der Waals surface area contributed by atoms with E-state index in [1.165, 1.54) is 0 Å². The van der Waals surface area contributed by atoms with Crippen LogP contribution in [0.5, 0.6) is 0 Å². The second-order valence-electron chi connectivity index (χ2n) is 5.34. The van der Waals surface area contributed by atoms with Crippen molar-refractivity contribution >= 4 is 12.0 Å². The van der Waals surface area contributed by atoms with Crippen molar-refractivity contribution in [1.29, 1.82) is 0 Å². The summed E-state index contributed by atoms with van der Waals surface area (Å²) < 4.78 is 0. The van der Waals surface area contributed by atoms with Crippen LogP contribution in [0, 0.1) is 5.92 Å². The van der Waals surface area contributed by atoms with Gasteiger partial charge >= 0.3 is 12.0 Å². The van der Waals surface area contributed by atoms with E-state index in [0.717, 1.165) is 45.6 Å². The second-order valence-corrected chi connectivity index (χ2v) is 5.34. The van der Waals surface area contributed by atoms with Gasteiger partial charge in [0.25, 0.3) is 0 Å². The minimum absolute atomic E-state index is 0.136. The Hall–Kier alpha value is -1.30. The quantitative estimate of drug-likeness (QED) is 0.738. The zero-order valence-corrected chi connectivity index (χ0v) is 12.6. The molecule has 0 saturated carbocycles. The molecule has 0 spiro atoms. The van der Waals surface area contributed by atoms with Gasteiger partial charge in [-0.25, -0.2) is 4.79 Å². The summed E-state index contributed by atoms with van der Waals surface area (Å²) in [5.41, 5.74) is 0. The fourth-order valence-electron chi connectivity index (χ4n) is 2.47. The molecule has 6 heteroatoms. The fraction of sp³-hybridized carbons (Fsp3) is 0.857. The third-order valence-corrected chi connectivity index (χ3v) is 3.69. The Kier molecular flexibility index (Phi) is 7.36.